The number of rotatable bonds is 4. The molecule has 0 aliphatic carbocycles. The van der Waals surface area contributed by atoms with Gasteiger partial charge >= 0.3 is 0 Å². The molecule has 0 spiro atoms. The zero-order chi connectivity index (χ0) is 17.3. The first-order valence-electron chi connectivity index (χ1n) is 7.10. The third-order valence-corrected chi connectivity index (χ3v) is 4.39. The standard InChI is InChI=1S/C16H15N3O4S/c1-10-19-14-7-4-12(8-15(14)23-10)16(20)18-9-11-2-5-13(6-3-11)24(17,21)22/h2-8H,9H2,1H3,(H,18,20)(H2,17,21,22). The van der Waals surface area contributed by atoms with Crippen molar-refractivity contribution in [1.29, 1.82) is 0 Å². The number of fused-ring (bicyclic) bond motifs is 1. The van der Waals surface area contributed by atoms with Gasteiger partial charge in [0.2, 0.25) is 10.0 Å². The van der Waals surface area contributed by atoms with Crippen LogP contribution in [0.5, 0.6) is 0 Å². The van der Waals surface area contributed by atoms with Crippen molar-refractivity contribution in [2.45, 2.75) is 18.4 Å². The monoisotopic (exact) mass is 345 g/mol. The fraction of sp³-hybridized carbons (Fsp3) is 0.125. The van der Waals surface area contributed by atoms with Crippen LogP contribution in [0.15, 0.2) is 51.8 Å². The van der Waals surface area contributed by atoms with Gasteiger partial charge in [-0.3, -0.25) is 4.79 Å². The van der Waals surface area contributed by atoms with Crippen LogP contribution in [0.25, 0.3) is 11.1 Å². The summed E-state index contributed by atoms with van der Waals surface area (Å²) in [4.78, 5) is 16.4. The number of hydrogen-bond donors (Lipinski definition) is 2. The summed E-state index contributed by atoms with van der Waals surface area (Å²) in [6.07, 6.45) is 0. The largest absolute Gasteiger partial charge is 0.441 e. The van der Waals surface area contributed by atoms with E-state index in [0.29, 0.717) is 22.6 Å². The molecular weight excluding hydrogens is 330 g/mol. The second kappa shape index (κ2) is 6.06. The zero-order valence-electron chi connectivity index (χ0n) is 12.8. The van der Waals surface area contributed by atoms with Crippen LogP contribution < -0.4 is 10.5 Å². The van der Waals surface area contributed by atoms with E-state index in [9.17, 15) is 13.2 Å². The van der Waals surface area contributed by atoms with Gasteiger partial charge in [-0.15, -0.1) is 0 Å². The maximum Gasteiger partial charge on any atom is 0.251 e. The van der Waals surface area contributed by atoms with Gasteiger partial charge in [0.25, 0.3) is 5.91 Å². The molecule has 2 aromatic carbocycles. The second-order valence-electron chi connectivity index (χ2n) is 5.29. The Hall–Kier alpha value is -2.71. The van der Waals surface area contributed by atoms with Crippen molar-refractivity contribution < 1.29 is 17.6 Å². The fourth-order valence-electron chi connectivity index (χ4n) is 2.26. The molecule has 0 unspecified atom stereocenters. The lowest BCUT2D eigenvalue weighted by Crippen LogP contribution is -2.22. The molecular formula is C16H15N3O4S. The Morgan fingerprint density at radius 3 is 2.58 bits per heavy atom. The normalized spacial score (nSPS) is 11.6. The molecule has 3 aromatic rings. The highest BCUT2D eigenvalue weighted by Gasteiger charge is 2.10. The van der Waals surface area contributed by atoms with Crippen LogP contribution in [0, 0.1) is 6.92 Å². The number of nitrogens with zero attached hydrogens (tertiary/aromatic N) is 1. The van der Waals surface area contributed by atoms with Gasteiger partial charge in [-0.25, -0.2) is 18.5 Å². The minimum absolute atomic E-state index is 0.0312. The summed E-state index contributed by atoms with van der Waals surface area (Å²) in [5, 5.41) is 7.80. The molecule has 3 N–H and O–H groups in total. The highest BCUT2D eigenvalue weighted by Crippen LogP contribution is 2.17. The van der Waals surface area contributed by atoms with Crippen molar-refractivity contribution in [1.82, 2.24) is 10.3 Å². The molecule has 0 fully saturated rings. The molecule has 0 radical (unpaired) electrons. The Kier molecular flexibility index (Phi) is 4.08. The molecule has 1 aromatic heterocycles. The Morgan fingerprint density at radius 1 is 1.21 bits per heavy atom. The number of nitrogens with two attached hydrogens (primary N) is 1. The molecule has 1 amide bonds. The number of sulfonamides is 1. The van der Waals surface area contributed by atoms with Crippen LogP contribution in [0.2, 0.25) is 0 Å². The lowest BCUT2D eigenvalue weighted by molar-refractivity contribution is 0.0951. The summed E-state index contributed by atoms with van der Waals surface area (Å²) < 4.78 is 27.8. The summed E-state index contributed by atoms with van der Waals surface area (Å²) in [5.74, 6) is 0.277. The van der Waals surface area contributed by atoms with Gasteiger partial charge in [0, 0.05) is 19.0 Å². The highest BCUT2D eigenvalue weighted by atomic mass is 32.2. The summed E-state index contributed by atoms with van der Waals surface area (Å²) in [6, 6.07) is 11.0. The van der Waals surface area contributed by atoms with E-state index < -0.39 is 10.0 Å². The van der Waals surface area contributed by atoms with Crippen LogP contribution in [-0.4, -0.2) is 19.3 Å². The van der Waals surface area contributed by atoms with Crippen LogP contribution in [0.1, 0.15) is 21.8 Å². The number of carbonyl (C=O) groups excluding carboxylic acids is 1. The van der Waals surface area contributed by atoms with Gasteiger partial charge < -0.3 is 9.73 Å². The summed E-state index contributed by atoms with van der Waals surface area (Å²) in [5.41, 5.74) is 2.47. The molecule has 7 nitrogen and oxygen atoms in total. The predicted molar refractivity (Wildman–Crippen MR) is 87.7 cm³/mol. The Bertz CT molecular complexity index is 1010. The van der Waals surface area contributed by atoms with Gasteiger partial charge in [-0.1, -0.05) is 12.1 Å². The Morgan fingerprint density at radius 2 is 1.92 bits per heavy atom. The third kappa shape index (κ3) is 3.44. The first-order chi connectivity index (χ1) is 11.3. The maximum absolute atomic E-state index is 12.2. The van der Waals surface area contributed by atoms with Crippen molar-refractivity contribution in [3.8, 4) is 0 Å². The van der Waals surface area contributed by atoms with Crippen molar-refractivity contribution >= 4 is 27.0 Å². The Balaban J connectivity index is 1.70. The number of benzene rings is 2. The van der Waals surface area contributed by atoms with E-state index in [-0.39, 0.29) is 17.3 Å². The van der Waals surface area contributed by atoms with Gasteiger partial charge in [0.05, 0.1) is 4.90 Å². The number of aromatic nitrogens is 1. The number of primary sulfonamides is 1. The summed E-state index contributed by atoms with van der Waals surface area (Å²) in [6.45, 7) is 2.00. The number of carbonyl (C=O) groups is 1. The minimum atomic E-state index is -3.72. The van der Waals surface area contributed by atoms with E-state index in [1.807, 2.05) is 0 Å². The average Bonchev–Trinajstić information content (AvgIpc) is 2.91. The third-order valence-electron chi connectivity index (χ3n) is 3.46. The van der Waals surface area contributed by atoms with E-state index in [1.165, 1.54) is 12.1 Å². The number of hydrogen-bond acceptors (Lipinski definition) is 5. The molecule has 0 atom stereocenters. The van der Waals surface area contributed by atoms with Crippen LogP contribution in [-0.2, 0) is 16.6 Å². The van der Waals surface area contributed by atoms with Gasteiger partial charge in [-0.2, -0.15) is 0 Å². The molecule has 0 bridgehead atoms. The molecule has 8 heteroatoms. The van der Waals surface area contributed by atoms with Crippen LogP contribution in [0.4, 0.5) is 0 Å². The minimum Gasteiger partial charge on any atom is -0.441 e. The van der Waals surface area contributed by atoms with Gasteiger partial charge in [0.15, 0.2) is 11.5 Å². The SMILES string of the molecule is Cc1nc2ccc(C(=O)NCc3ccc(S(N)(=O)=O)cc3)cc2o1. The van der Waals surface area contributed by atoms with Crippen LogP contribution >= 0.6 is 0 Å². The number of amides is 1. The maximum atomic E-state index is 12.2. The molecule has 0 aliphatic rings. The first kappa shape index (κ1) is 16.2. The average molecular weight is 345 g/mol. The van der Waals surface area contributed by atoms with E-state index in [2.05, 4.69) is 10.3 Å². The van der Waals surface area contributed by atoms with E-state index in [4.69, 9.17) is 9.56 Å². The van der Waals surface area contributed by atoms with Crippen molar-refractivity contribution in [2.24, 2.45) is 5.14 Å². The van der Waals surface area contributed by atoms with Gasteiger partial charge in [-0.05, 0) is 35.9 Å². The molecule has 3 rings (SSSR count). The quantitative estimate of drug-likeness (QED) is 0.747. The molecule has 124 valence electrons. The molecule has 0 aliphatic heterocycles. The lowest BCUT2D eigenvalue weighted by atomic mass is 10.2. The van der Waals surface area contributed by atoms with E-state index in [0.717, 1.165) is 5.56 Å². The second-order valence-corrected chi connectivity index (χ2v) is 6.85. The number of nitrogens with one attached hydrogen (secondary N) is 1. The molecule has 0 saturated carbocycles. The topological polar surface area (TPSA) is 115 Å². The number of oxazole rings is 1. The van der Waals surface area contributed by atoms with Gasteiger partial charge in [0.1, 0.15) is 5.52 Å². The smallest absolute Gasteiger partial charge is 0.251 e. The first-order valence-corrected chi connectivity index (χ1v) is 8.65. The van der Waals surface area contributed by atoms with E-state index >= 15 is 0 Å². The number of aryl methyl sites for hydroxylation is 1. The highest BCUT2D eigenvalue weighted by molar-refractivity contribution is 7.89. The van der Waals surface area contributed by atoms with Crippen molar-refractivity contribution in [2.75, 3.05) is 0 Å². The molecule has 1 heterocycles. The fourth-order valence-corrected chi connectivity index (χ4v) is 2.78. The van der Waals surface area contributed by atoms with Crippen molar-refractivity contribution in [3.05, 3.63) is 59.5 Å². The summed E-state index contributed by atoms with van der Waals surface area (Å²) >= 11 is 0. The van der Waals surface area contributed by atoms with E-state index in [1.54, 1.807) is 37.3 Å². The predicted octanol–water partition coefficient (Wildman–Crippen LogP) is 1.71. The molecule has 24 heavy (non-hydrogen) atoms. The van der Waals surface area contributed by atoms with Crippen LogP contribution in [0.3, 0.4) is 0 Å². The molecule has 0 saturated heterocycles. The Labute approximate surface area is 138 Å². The zero-order valence-corrected chi connectivity index (χ0v) is 13.6. The summed E-state index contributed by atoms with van der Waals surface area (Å²) in [7, 11) is -3.72. The van der Waals surface area contributed by atoms with Crippen molar-refractivity contribution in [3.63, 3.8) is 0 Å². The lowest BCUT2D eigenvalue weighted by Gasteiger charge is -2.06.